The topological polar surface area (TPSA) is 64.8 Å². The van der Waals surface area contributed by atoms with Crippen LogP contribution in [0.3, 0.4) is 0 Å². The summed E-state index contributed by atoms with van der Waals surface area (Å²) in [5.74, 6) is 0.00995. The summed E-state index contributed by atoms with van der Waals surface area (Å²) in [6, 6.07) is 5.09. The van der Waals surface area contributed by atoms with Crippen molar-refractivity contribution in [1.82, 2.24) is 4.90 Å². The Bertz CT molecular complexity index is 431. The van der Waals surface area contributed by atoms with Crippen LogP contribution in [-0.4, -0.2) is 43.7 Å². The summed E-state index contributed by atoms with van der Waals surface area (Å²) in [6.45, 7) is 9.43. The number of para-hydroxylation sites is 1. The molecule has 2 N–H and O–H groups in total. The van der Waals surface area contributed by atoms with Gasteiger partial charge in [-0.25, -0.2) is 4.79 Å². The fraction of sp³-hybridized carbons (Fsp3) is 0.533. The van der Waals surface area contributed by atoms with Crippen molar-refractivity contribution < 1.29 is 14.3 Å². The van der Waals surface area contributed by atoms with Crippen molar-refractivity contribution in [2.45, 2.75) is 20.8 Å². The molecule has 0 unspecified atom stereocenters. The molecule has 0 aliphatic heterocycles. The molecule has 0 aliphatic carbocycles. The van der Waals surface area contributed by atoms with Gasteiger partial charge in [-0.05, 0) is 32.1 Å². The summed E-state index contributed by atoms with van der Waals surface area (Å²) >= 11 is 0. The number of anilines is 1. The quantitative estimate of drug-likeness (QED) is 0.584. The van der Waals surface area contributed by atoms with Gasteiger partial charge >= 0.3 is 5.97 Å². The van der Waals surface area contributed by atoms with Crippen LogP contribution < -0.4 is 10.5 Å². The number of hydrogen-bond acceptors (Lipinski definition) is 5. The normalized spacial score (nSPS) is 10.6. The molecule has 0 spiro atoms. The van der Waals surface area contributed by atoms with Crippen molar-refractivity contribution in [3.63, 3.8) is 0 Å². The summed E-state index contributed by atoms with van der Waals surface area (Å²) in [6.07, 6.45) is 0. The van der Waals surface area contributed by atoms with Crippen LogP contribution in [0.25, 0.3) is 0 Å². The van der Waals surface area contributed by atoms with Crippen LogP contribution >= 0.6 is 0 Å². The molecule has 0 heterocycles. The number of likely N-dealkylation sites (N-methyl/N-ethyl adjacent to an activating group) is 1. The lowest BCUT2D eigenvalue weighted by Crippen LogP contribution is -2.28. The summed E-state index contributed by atoms with van der Waals surface area (Å²) in [5, 5.41) is 0. The number of nitrogen functional groups attached to an aromatic ring is 1. The van der Waals surface area contributed by atoms with Crippen LogP contribution in [0.5, 0.6) is 5.75 Å². The Labute approximate surface area is 120 Å². The van der Waals surface area contributed by atoms with Gasteiger partial charge in [-0.2, -0.15) is 0 Å². The molecule has 0 bridgehead atoms. The number of rotatable bonds is 8. The minimum atomic E-state index is -0.395. The van der Waals surface area contributed by atoms with Crippen molar-refractivity contribution in [1.29, 1.82) is 0 Å². The Hall–Kier alpha value is -1.75. The van der Waals surface area contributed by atoms with E-state index in [1.807, 2.05) is 6.92 Å². The van der Waals surface area contributed by atoms with E-state index in [1.165, 1.54) is 0 Å². The zero-order valence-electron chi connectivity index (χ0n) is 12.5. The van der Waals surface area contributed by atoms with E-state index in [0.29, 0.717) is 30.2 Å². The number of carbonyl (C=O) groups excluding carboxylic acids is 1. The van der Waals surface area contributed by atoms with Crippen molar-refractivity contribution >= 4 is 11.7 Å². The molecule has 0 amide bonds. The maximum absolute atomic E-state index is 12.1. The lowest BCUT2D eigenvalue weighted by molar-refractivity contribution is 0.0462. The molecular formula is C15H24N2O3. The highest BCUT2D eigenvalue weighted by atomic mass is 16.5. The van der Waals surface area contributed by atoms with Crippen LogP contribution in [0, 0.1) is 0 Å². The highest BCUT2D eigenvalue weighted by Crippen LogP contribution is 2.26. The molecule has 0 fully saturated rings. The first-order valence-corrected chi connectivity index (χ1v) is 7.04. The van der Waals surface area contributed by atoms with Crippen molar-refractivity contribution in [3.05, 3.63) is 23.8 Å². The van der Waals surface area contributed by atoms with E-state index >= 15 is 0 Å². The molecule has 20 heavy (non-hydrogen) atoms. The van der Waals surface area contributed by atoms with Crippen molar-refractivity contribution in [2.75, 3.05) is 38.6 Å². The Morgan fingerprint density at radius 3 is 2.55 bits per heavy atom. The zero-order chi connectivity index (χ0) is 15.0. The molecule has 5 heteroatoms. The Kier molecular flexibility index (Phi) is 6.87. The fourth-order valence-electron chi connectivity index (χ4n) is 1.91. The SMILES string of the molecule is CCOc1c(N)cccc1C(=O)OCCN(CC)CC. The van der Waals surface area contributed by atoms with Crippen molar-refractivity contribution in [3.8, 4) is 5.75 Å². The van der Waals surface area contributed by atoms with E-state index in [4.69, 9.17) is 15.2 Å². The molecule has 112 valence electrons. The van der Waals surface area contributed by atoms with Gasteiger partial charge < -0.3 is 20.1 Å². The van der Waals surface area contributed by atoms with Crippen LogP contribution in [0.4, 0.5) is 5.69 Å². The number of carbonyl (C=O) groups is 1. The number of ether oxygens (including phenoxy) is 2. The number of nitrogens with zero attached hydrogens (tertiary/aromatic N) is 1. The van der Waals surface area contributed by atoms with Crippen molar-refractivity contribution in [2.24, 2.45) is 0 Å². The smallest absolute Gasteiger partial charge is 0.342 e. The summed E-state index contributed by atoms with van der Waals surface area (Å²) in [7, 11) is 0. The number of benzene rings is 1. The van der Waals surface area contributed by atoms with Crippen LogP contribution in [-0.2, 0) is 4.74 Å². The predicted molar refractivity (Wildman–Crippen MR) is 80.1 cm³/mol. The van der Waals surface area contributed by atoms with E-state index in [1.54, 1.807) is 18.2 Å². The lowest BCUT2D eigenvalue weighted by Gasteiger charge is -2.18. The van der Waals surface area contributed by atoms with Gasteiger partial charge in [0.1, 0.15) is 12.2 Å². The van der Waals surface area contributed by atoms with Gasteiger partial charge in [0.2, 0.25) is 0 Å². The van der Waals surface area contributed by atoms with E-state index in [-0.39, 0.29) is 0 Å². The first-order chi connectivity index (χ1) is 9.63. The van der Waals surface area contributed by atoms with E-state index in [2.05, 4.69) is 18.7 Å². The van der Waals surface area contributed by atoms with Gasteiger partial charge in [-0.3, -0.25) is 0 Å². The van der Waals surface area contributed by atoms with Gasteiger partial charge in [0, 0.05) is 6.54 Å². The van der Waals surface area contributed by atoms with Crippen LogP contribution in [0.15, 0.2) is 18.2 Å². The van der Waals surface area contributed by atoms with Gasteiger partial charge in [0.25, 0.3) is 0 Å². The number of hydrogen-bond donors (Lipinski definition) is 1. The third-order valence-electron chi connectivity index (χ3n) is 3.09. The average Bonchev–Trinajstić information content (AvgIpc) is 2.45. The van der Waals surface area contributed by atoms with Crippen LogP contribution in [0.1, 0.15) is 31.1 Å². The molecular weight excluding hydrogens is 256 g/mol. The Balaban J connectivity index is 2.65. The molecule has 1 aromatic carbocycles. The Morgan fingerprint density at radius 2 is 1.95 bits per heavy atom. The van der Waals surface area contributed by atoms with Crippen LogP contribution in [0.2, 0.25) is 0 Å². The summed E-state index contributed by atoms with van der Waals surface area (Å²) < 4.78 is 10.7. The zero-order valence-corrected chi connectivity index (χ0v) is 12.5. The second kappa shape index (κ2) is 8.43. The molecule has 0 aromatic heterocycles. The molecule has 1 aromatic rings. The first-order valence-electron chi connectivity index (χ1n) is 7.04. The molecule has 0 saturated carbocycles. The second-order valence-corrected chi connectivity index (χ2v) is 4.32. The van der Waals surface area contributed by atoms with E-state index in [9.17, 15) is 4.79 Å². The molecule has 1 rings (SSSR count). The first kappa shape index (κ1) is 16.3. The largest absolute Gasteiger partial charge is 0.491 e. The third kappa shape index (κ3) is 4.42. The van der Waals surface area contributed by atoms with E-state index in [0.717, 1.165) is 19.6 Å². The number of esters is 1. The lowest BCUT2D eigenvalue weighted by atomic mass is 10.2. The van der Waals surface area contributed by atoms with Gasteiger partial charge in [0.05, 0.1) is 12.3 Å². The highest BCUT2D eigenvalue weighted by Gasteiger charge is 2.16. The molecule has 0 radical (unpaired) electrons. The summed E-state index contributed by atoms with van der Waals surface area (Å²) in [5.41, 5.74) is 6.65. The monoisotopic (exact) mass is 280 g/mol. The maximum atomic E-state index is 12.1. The average molecular weight is 280 g/mol. The third-order valence-corrected chi connectivity index (χ3v) is 3.09. The molecule has 0 aliphatic rings. The highest BCUT2D eigenvalue weighted by molar-refractivity contribution is 5.94. The molecule has 0 saturated heterocycles. The minimum Gasteiger partial charge on any atom is -0.491 e. The molecule has 0 atom stereocenters. The number of nitrogens with two attached hydrogens (primary N) is 1. The standard InChI is InChI=1S/C15H24N2O3/c1-4-17(5-2)10-11-20-15(18)12-8-7-9-13(16)14(12)19-6-3/h7-9H,4-6,10-11,16H2,1-3H3. The fourth-order valence-corrected chi connectivity index (χ4v) is 1.91. The Morgan fingerprint density at radius 1 is 1.25 bits per heavy atom. The van der Waals surface area contributed by atoms with Gasteiger partial charge in [0.15, 0.2) is 5.75 Å². The second-order valence-electron chi connectivity index (χ2n) is 4.32. The van der Waals surface area contributed by atoms with Gasteiger partial charge in [-0.15, -0.1) is 0 Å². The summed E-state index contributed by atoms with van der Waals surface area (Å²) in [4.78, 5) is 14.3. The minimum absolute atomic E-state index is 0.362. The maximum Gasteiger partial charge on any atom is 0.342 e. The van der Waals surface area contributed by atoms with Gasteiger partial charge in [-0.1, -0.05) is 19.9 Å². The van der Waals surface area contributed by atoms with E-state index < -0.39 is 5.97 Å². The predicted octanol–water partition coefficient (Wildman–Crippen LogP) is 2.17. The molecule has 5 nitrogen and oxygen atoms in total.